The molecule has 13 rings (SSSR count). The van der Waals surface area contributed by atoms with Gasteiger partial charge in [0.15, 0.2) is 11.4 Å². The van der Waals surface area contributed by atoms with Crippen LogP contribution in [0.1, 0.15) is 50.1 Å². The summed E-state index contributed by atoms with van der Waals surface area (Å²) in [5, 5.41) is 4.22. The van der Waals surface area contributed by atoms with Gasteiger partial charge in [-0.05, 0) is 201 Å². The number of aryl methyl sites for hydroxylation is 8. The van der Waals surface area contributed by atoms with Crippen molar-refractivity contribution in [3.63, 3.8) is 0 Å². The Kier molecular flexibility index (Phi) is 12.9. The van der Waals surface area contributed by atoms with Crippen LogP contribution in [0.4, 0.5) is 24.5 Å². The van der Waals surface area contributed by atoms with Gasteiger partial charge in [-0.2, -0.15) is 13.2 Å². The summed E-state index contributed by atoms with van der Waals surface area (Å²) in [5.41, 5.74) is 25.3. The predicted molar refractivity (Wildman–Crippen MR) is 343 cm³/mol. The number of fused-ring (bicyclic) bond motifs is 6. The SMILES string of the molecule is [C-]#[N+]c1cc(C(F)(F)F)ccc1-c1ccc(-n2c3ccc(-c4cc(C)cc(C)c4)cc3c3cc(-c4cc(C)cc(C)c4)ccc32)c(-c2cc(-n3c4ccc(-c5cc(C)cc(C)c5)cc4c4cc(-c5cc(C)cc(C)c5)ccc43)ccc2[N+]#[C-])c1. The Balaban J connectivity index is 1.09. The maximum atomic E-state index is 14.3. The molecule has 7 heteroatoms. The van der Waals surface area contributed by atoms with Gasteiger partial charge in [0.25, 0.3) is 0 Å². The molecule has 13 aromatic rings. The number of hydrogen-bond acceptors (Lipinski definition) is 0. The van der Waals surface area contributed by atoms with Gasteiger partial charge < -0.3 is 9.13 Å². The lowest BCUT2D eigenvalue weighted by Crippen LogP contribution is -2.04. The minimum atomic E-state index is -4.64. The molecule has 0 spiro atoms. The molecular weight excluding hydrogens is 1040 g/mol. The number of benzene rings is 11. The van der Waals surface area contributed by atoms with E-state index in [0.717, 1.165) is 112 Å². The Morgan fingerprint density at radius 2 is 0.667 bits per heavy atom. The predicted octanol–water partition coefficient (Wildman–Crippen LogP) is 22.5. The van der Waals surface area contributed by atoms with Crippen LogP contribution in [0.25, 0.3) is 131 Å². The molecule has 0 aliphatic rings. The molecule has 2 heterocycles. The Bertz CT molecular complexity index is 4710. The number of rotatable bonds is 8. The van der Waals surface area contributed by atoms with E-state index in [-0.39, 0.29) is 5.69 Å². The first-order chi connectivity index (χ1) is 40.4. The van der Waals surface area contributed by atoms with Crippen molar-refractivity contribution in [2.24, 2.45) is 0 Å². The number of hydrogen-bond donors (Lipinski definition) is 0. The molecule has 0 radical (unpaired) electrons. The largest absolute Gasteiger partial charge is 0.415 e. The average molecular weight is 1100 g/mol. The van der Waals surface area contributed by atoms with Crippen molar-refractivity contribution in [3.05, 3.63) is 273 Å². The summed E-state index contributed by atoms with van der Waals surface area (Å²) in [5.74, 6) is 0. The number of nitrogens with zero attached hydrogens (tertiary/aromatic N) is 4. The molecule has 0 saturated carbocycles. The van der Waals surface area contributed by atoms with Crippen LogP contribution in [-0.4, -0.2) is 9.13 Å². The lowest BCUT2D eigenvalue weighted by atomic mass is 9.94. The van der Waals surface area contributed by atoms with Crippen molar-refractivity contribution >= 4 is 55.0 Å². The van der Waals surface area contributed by atoms with Crippen LogP contribution < -0.4 is 0 Å². The summed E-state index contributed by atoms with van der Waals surface area (Å²) in [4.78, 5) is 7.88. The Labute approximate surface area is 487 Å². The minimum absolute atomic E-state index is 0.122. The van der Waals surface area contributed by atoms with Gasteiger partial charge in [0.05, 0.1) is 40.9 Å². The van der Waals surface area contributed by atoms with Gasteiger partial charge in [0, 0.05) is 32.8 Å². The highest BCUT2D eigenvalue weighted by Crippen LogP contribution is 2.47. The summed E-state index contributed by atoms with van der Waals surface area (Å²) in [6, 6.07) is 68.2. The highest BCUT2D eigenvalue weighted by Gasteiger charge is 2.31. The van der Waals surface area contributed by atoms with Gasteiger partial charge in [-0.3, -0.25) is 0 Å². The average Bonchev–Trinajstić information content (AvgIpc) is 1.99. The molecule has 0 unspecified atom stereocenters. The Morgan fingerprint density at radius 3 is 1.04 bits per heavy atom. The molecule has 4 nitrogen and oxygen atoms in total. The zero-order valence-electron chi connectivity index (χ0n) is 48.0. The standard InChI is InChI=1S/C77H57F3N4/c1-44-25-45(2)30-57(29-44)52-11-20-72-66(37-52)67-38-53(58-31-46(3)26-47(4)32-58)12-21-73(67)83(72)62-17-19-70(81-9)64(43-62)65-41-56(63-18-16-61(77(78,79)80)42-71(63)82-10)15-24-74(65)84-75-22-13-54(59-33-48(5)27-49(6)34-59)39-68(75)69-40-55(14-23-76(69)84)60-35-50(7)28-51(8)36-60/h11-43H,1-8H3. The monoisotopic (exact) mass is 1090 g/mol. The maximum Gasteiger partial charge on any atom is 0.415 e. The van der Waals surface area contributed by atoms with Gasteiger partial charge in [-0.1, -0.05) is 166 Å². The third kappa shape index (κ3) is 9.48. The van der Waals surface area contributed by atoms with Crippen LogP contribution in [0.5, 0.6) is 0 Å². The molecule has 0 fully saturated rings. The summed E-state index contributed by atoms with van der Waals surface area (Å²) in [7, 11) is 0. The normalized spacial score (nSPS) is 11.7. The van der Waals surface area contributed by atoms with E-state index in [2.05, 4.69) is 226 Å². The number of alkyl halides is 3. The van der Waals surface area contributed by atoms with Gasteiger partial charge in [0.2, 0.25) is 0 Å². The fraction of sp³-hybridized carbons (Fsp3) is 0.117. The van der Waals surface area contributed by atoms with Crippen LogP contribution in [0.2, 0.25) is 0 Å². The fourth-order valence-corrected chi connectivity index (χ4v) is 13.0. The lowest BCUT2D eigenvalue weighted by Gasteiger charge is -2.19. The molecule has 2 aromatic heterocycles. The summed E-state index contributed by atoms with van der Waals surface area (Å²) >= 11 is 0. The van der Waals surface area contributed by atoms with Gasteiger partial charge in [0.1, 0.15) is 0 Å². The van der Waals surface area contributed by atoms with E-state index in [1.54, 1.807) is 0 Å². The van der Waals surface area contributed by atoms with E-state index in [0.29, 0.717) is 27.9 Å². The summed E-state index contributed by atoms with van der Waals surface area (Å²) in [6.07, 6.45) is -4.64. The van der Waals surface area contributed by atoms with E-state index in [1.165, 1.54) is 50.6 Å². The number of halogens is 3. The third-order valence-corrected chi connectivity index (χ3v) is 16.4. The first-order valence-electron chi connectivity index (χ1n) is 28.1. The molecule has 0 aliphatic carbocycles. The maximum absolute atomic E-state index is 14.3. The van der Waals surface area contributed by atoms with Crippen LogP contribution in [0.3, 0.4) is 0 Å². The molecule has 84 heavy (non-hydrogen) atoms. The third-order valence-electron chi connectivity index (χ3n) is 16.4. The summed E-state index contributed by atoms with van der Waals surface area (Å²) in [6.45, 7) is 34.0. The fourth-order valence-electron chi connectivity index (χ4n) is 13.0. The van der Waals surface area contributed by atoms with Crippen LogP contribution in [0, 0.1) is 68.5 Å². The summed E-state index contributed by atoms with van der Waals surface area (Å²) < 4.78 is 47.3. The van der Waals surface area contributed by atoms with Crippen molar-refractivity contribution in [2.75, 3.05) is 0 Å². The minimum Gasteiger partial charge on any atom is -0.309 e. The zero-order chi connectivity index (χ0) is 58.5. The molecule has 0 saturated heterocycles. The highest BCUT2D eigenvalue weighted by molar-refractivity contribution is 6.14. The van der Waals surface area contributed by atoms with E-state index < -0.39 is 11.7 Å². The molecule has 0 N–H and O–H groups in total. The van der Waals surface area contributed by atoms with Crippen molar-refractivity contribution in [3.8, 4) is 78.1 Å². The quantitative estimate of drug-likeness (QED) is 0.135. The molecule has 0 bridgehead atoms. The molecule has 11 aromatic carbocycles. The Morgan fingerprint density at radius 1 is 0.298 bits per heavy atom. The van der Waals surface area contributed by atoms with E-state index in [4.69, 9.17) is 13.1 Å². The zero-order valence-corrected chi connectivity index (χ0v) is 48.0. The second-order valence-electron chi connectivity index (χ2n) is 23.0. The van der Waals surface area contributed by atoms with Crippen LogP contribution >= 0.6 is 0 Å². The lowest BCUT2D eigenvalue weighted by molar-refractivity contribution is -0.137. The van der Waals surface area contributed by atoms with E-state index in [9.17, 15) is 13.2 Å². The van der Waals surface area contributed by atoms with E-state index in [1.807, 2.05) is 30.3 Å². The van der Waals surface area contributed by atoms with Crippen LogP contribution in [0.15, 0.2) is 200 Å². The van der Waals surface area contributed by atoms with Gasteiger partial charge >= 0.3 is 6.18 Å². The van der Waals surface area contributed by atoms with Crippen LogP contribution in [-0.2, 0) is 6.18 Å². The second kappa shape index (κ2) is 20.3. The molecule has 0 atom stereocenters. The van der Waals surface area contributed by atoms with Gasteiger partial charge in [-0.25, -0.2) is 9.69 Å². The topological polar surface area (TPSA) is 18.6 Å². The van der Waals surface area contributed by atoms with Crippen molar-refractivity contribution in [1.29, 1.82) is 0 Å². The smallest absolute Gasteiger partial charge is 0.309 e. The van der Waals surface area contributed by atoms with Crippen molar-refractivity contribution < 1.29 is 13.2 Å². The first kappa shape index (κ1) is 53.1. The number of aromatic nitrogens is 2. The molecular formula is C77H57F3N4. The first-order valence-corrected chi connectivity index (χ1v) is 28.1. The van der Waals surface area contributed by atoms with Crippen molar-refractivity contribution in [2.45, 2.75) is 61.6 Å². The highest BCUT2D eigenvalue weighted by atomic mass is 19.4. The van der Waals surface area contributed by atoms with Gasteiger partial charge in [-0.15, -0.1) is 0 Å². The molecule has 0 aliphatic heterocycles. The Hall–Kier alpha value is -10.2. The van der Waals surface area contributed by atoms with Crippen molar-refractivity contribution in [1.82, 2.24) is 9.13 Å². The molecule has 0 amide bonds. The molecule has 406 valence electrons. The van der Waals surface area contributed by atoms with E-state index >= 15 is 0 Å². The second-order valence-corrected chi connectivity index (χ2v) is 23.0.